The molecule has 1 amide bonds. The van der Waals surface area contributed by atoms with Crippen molar-refractivity contribution in [2.24, 2.45) is 0 Å². The van der Waals surface area contributed by atoms with Crippen LogP contribution in [0.3, 0.4) is 0 Å². The van der Waals surface area contributed by atoms with E-state index in [1.807, 2.05) is 0 Å². The topological polar surface area (TPSA) is 64.0 Å². The SMILES string of the molecule is O=C(Nc1cc(-c2ccc(Cl)cc2)nn1C(=O)c1ccc(Cl)cc1)c1ccc(Cl)cc1. The van der Waals surface area contributed by atoms with E-state index >= 15 is 0 Å². The van der Waals surface area contributed by atoms with Gasteiger partial charge in [0, 0.05) is 37.8 Å². The molecule has 4 rings (SSSR count). The molecule has 1 N–H and O–H groups in total. The number of amides is 1. The van der Waals surface area contributed by atoms with E-state index in [0.29, 0.717) is 31.9 Å². The first-order valence-corrected chi connectivity index (χ1v) is 10.3. The summed E-state index contributed by atoms with van der Waals surface area (Å²) in [5, 5.41) is 8.79. The lowest BCUT2D eigenvalue weighted by molar-refractivity contribution is 0.0947. The Bertz CT molecular complexity index is 1250. The smallest absolute Gasteiger partial charge is 0.280 e. The number of halogens is 3. The summed E-state index contributed by atoms with van der Waals surface area (Å²) in [4.78, 5) is 25.8. The van der Waals surface area contributed by atoms with Gasteiger partial charge in [-0.3, -0.25) is 9.59 Å². The third-order valence-corrected chi connectivity index (χ3v) is 5.24. The quantitative estimate of drug-likeness (QED) is 0.373. The lowest BCUT2D eigenvalue weighted by atomic mass is 10.1. The standard InChI is InChI=1S/C23H14Cl3N3O2/c24-17-7-1-14(2-8-17)20-13-21(27-22(30)15-3-9-18(25)10-4-15)29(28-20)23(31)16-5-11-19(26)12-6-16/h1-13H,(H,27,30). The van der Waals surface area contributed by atoms with E-state index in [1.54, 1.807) is 78.9 Å². The van der Waals surface area contributed by atoms with E-state index in [-0.39, 0.29) is 5.82 Å². The molecular formula is C23H14Cl3N3O2. The number of carbonyl (C=O) groups excluding carboxylic acids is 2. The van der Waals surface area contributed by atoms with E-state index in [4.69, 9.17) is 34.8 Å². The second kappa shape index (κ2) is 8.94. The molecule has 4 aromatic rings. The lowest BCUT2D eigenvalue weighted by Gasteiger charge is -2.08. The Kier molecular flexibility index (Phi) is 6.09. The molecule has 3 aromatic carbocycles. The molecule has 0 aliphatic heterocycles. The van der Waals surface area contributed by atoms with Gasteiger partial charge >= 0.3 is 0 Å². The molecule has 0 bridgehead atoms. The summed E-state index contributed by atoms with van der Waals surface area (Å²) in [5.41, 5.74) is 2.01. The Labute approximate surface area is 193 Å². The van der Waals surface area contributed by atoms with Crippen LogP contribution >= 0.6 is 34.8 Å². The van der Waals surface area contributed by atoms with Crippen molar-refractivity contribution in [3.05, 3.63) is 105 Å². The molecule has 0 fully saturated rings. The maximum absolute atomic E-state index is 13.1. The summed E-state index contributed by atoms with van der Waals surface area (Å²) < 4.78 is 1.15. The van der Waals surface area contributed by atoms with E-state index in [0.717, 1.165) is 10.2 Å². The minimum atomic E-state index is -0.414. The number of hydrogen-bond acceptors (Lipinski definition) is 3. The second-order valence-corrected chi connectivity index (χ2v) is 7.92. The van der Waals surface area contributed by atoms with Gasteiger partial charge in [0.15, 0.2) is 0 Å². The predicted octanol–water partition coefficient (Wildman–Crippen LogP) is 6.45. The molecule has 8 heteroatoms. The highest BCUT2D eigenvalue weighted by Crippen LogP contribution is 2.25. The van der Waals surface area contributed by atoms with Gasteiger partial charge in [-0.15, -0.1) is 0 Å². The molecule has 1 heterocycles. The van der Waals surface area contributed by atoms with Crippen LogP contribution in [0.15, 0.2) is 78.9 Å². The molecule has 0 aliphatic carbocycles. The van der Waals surface area contributed by atoms with Crippen molar-refractivity contribution in [1.29, 1.82) is 0 Å². The number of benzene rings is 3. The molecule has 0 spiro atoms. The summed E-state index contributed by atoms with van der Waals surface area (Å²) in [5.74, 6) is -0.586. The average Bonchev–Trinajstić information content (AvgIpc) is 3.18. The highest BCUT2D eigenvalue weighted by Gasteiger charge is 2.19. The molecule has 5 nitrogen and oxygen atoms in total. The van der Waals surface area contributed by atoms with Crippen molar-refractivity contribution in [3.8, 4) is 11.3 Å². The molecule has 0 atom stereocenters. The van der Waals surface area contributed by atoms with Gasteiger partial charge in [0.2, 0.25) is 0 Å². The van der Waals surface area contributed by atoms with Gasteiger partial charge in [0.05, 0.1) is 5.69 Å². The number of nitrogens with one attached hydrogen (secondary N) is 1. The number of carbonyl (C=O) groups is 2. The molecule has 31 heavy (non-hydrogen) atoms. The van der Waals surface area contributed by atoms with Crippen LogP contribution in [0.2, 0.25) is 15.1 Å². The van der Waals surface area contributed by atoms with Gasteiger partial charge in [0.25, 0.3) is 11.8 Å². The molecule has 0 aliphatic rings. The second-order valence-electron chi connectivity index (χ2n) is 6.61. The van der Waals surface area contributed by atoms with Crippen LogP contribution < -0.4 is 5.32 Å². The molecule has 0 unspecified atom stereocenters. The van der Waals surface area contributed by atoms with Crippen LogP contribution in [0.1, 0.15) is 20.7 Å². The van der Waals surface area contributed by atoms with Gasteiger partial charge < -0.3 is 5.32 Å². The van der Waals surface area contributed by atoms with Crippen molar-refractivity contribution in [3.63, 3.8) is 0 Å². The Balaban J connectivity index is 1.73. The maximum atomic E-state index is 13.1. The van der Waals surface area contributed by atoms with Gasteiger partial charge in [-0.05, 0) is 60.7 Å². The van der Waals surface area contributed by atoms with Crippen molar-refractivity contribution in [2.75, 3.05) is 5.32 Å². The third kappa shape index (κ3) is 4.80. The first-order chi connectivity index (χ1) is 14.9. The maximum Gasteiger partial charge on any atom is 0.280 e. The molecule has 0 saturated carbocycles. The molecule has 0 saturated heterocycles. The van der Waals surface area contributed by atoms with Crippen molar-refractivity contribution >= 4 is 52.4 Å². The minimum Gasteiger partial charge on any atom is -0.306 e. The van der Waals surface area contributed by atoms with E-state index in [2.05, 4.69) is 10.4 Å². The molecule has 0 radical (unpaired) electrons. The largest absolute Gasteiger partial charge is 0.306 e. The number of rotatable bonds is 4. The van der Waals surface area contributed by atoms with Crippen molar-refractivity contribution in [2.45, 2.75) is 0 Å². The number of nitrogens with zero attached hydrogens (tertiary/aromatic N) is 2. The zero-order valence-electron chi connectivity index (χ0n) is 15.9. The summed E-state index contributed by atoms with van der Waals surface area (Å²) in [7, 11) is 0. The van der Waals surface area contributed by atoms with Crippen LogP contribution in [0.4, 0.5) is 5.82 Å². The Morgan fingerprint density at radius 3 is 1.74 bits per heavy atom. The normalized spacial score (nSPS) is 10.7. The van der Waals surface area contributed by atoms with Crippen molar-refractivity contribution < 1.29 is 9.59 Å². The van der Waals surface area contributed by atoms with E-state index in [9.17, 15) is 9.59 Å². The Morgan fingerprint density at radius 1 is 0.710 bits per heavy atom. The fourth-order valence-electron chi connectivity index (χ4n) is 2.89. The highest BCUT2D eigenvalue weighted by molar-refractivity contribution is 6.31. The molecule has 154 valence electrons. The molecular weight excluding hydrogens is 457 g/mol. The Hall–Kier alpha value is -3.12. The van der Waals surface area contributed by atoms with Gasteiger partial charge in [-0.25, -0.2) is 0 Å². The van der Waals surface area contributed by atoms with E-state index in [1.165, 1.54) is 0 Å². The van der Waals surface area contributed by atoms with Crippen LogP contribution in [0.25, 0.3) is 11.3 Å². The van der Waals surface area contributed by atoms with Gasteiger partial charge in [-0.2, -0.15) is 9.78 Å². The highest BCUT2D eigenvalue weighted by atomic mass is 35.5. The number of anilines is 1. The minimum absolute atomic E-state index is 0.227. The predicted molar refractivity (Wildman–Crippen MR) is 123 cm³/mol. The van der Waals surface area contributed by atoms with Gasteiger partial charge in [-0.1, -0.05) is 46.9 Å². The average molecular weight is 471 g/mol. The zero-order valence-corrected chi connectivity index (χ0v) is 18.1. The van der Waals surface area contributed by atoms with E-state index < -0.39 is 11.8 Å². The van der Waals surface area contributed by atoms with Crippen LogP contribution in [-0.2, 0) is 0 Å². The molecule has 1 aromatic heterocycles. The lowest BCUT2D eigenvalue weighted by Crippen LogP contribution is -2.20. The zero-order chi connectivity index (χ0) is 22.0. The van der Waals surface area contributed by atoms with Crippen LogP contribution in [0, 0.1) is 0 Å². The van der Waals surface area contributed by atoms with Crippen LogP contribution in [0.5, 0.6) is 0 Å². The summed E-state index contributed by atoms with van der Waals surface area (Å²) >= 11 is 17.8. The fraction of sp³-hybridized carbons (Fsp3) is 0. The first kappa shape index (κ1) is 21.1. The summed E-state index contributed by atoms with van der Waals surface area (Å²) in [6.07, 6.45) is 0. The summed E-state index contributed by atoms with van der Waals surface area (Å²) in [6, 6.07) is 21.5. The van der Waals surface area contributed by atoms with Crippen molar-refractivity contribution in [1.82, 2.24) is 9.78 Å². The van der Waals surface area contributed by atoms with Gasteiger partial charge in [0.1, 0.15) is 5.82 Å². The fourth-order valence-corrected chi connectivity index (χ4v) is 3.27. The first-order valence-electron chi connectivity index (χ1n) is 9.14. The third-order valence-electron chi connectivity index (χ3n) is 4.48. The van der Waals surface area contributed by atoms with Crippen LogP contribution in [-0.4, -0.2) is 21.6 Å². The summed E-state index contributed by atoms with van der Waals surface area (Å²) in [6.45, 7) is 0. The monoisotopic (exact) mass is 469 g/mol. The number of aromatic nitrogens is 2. The Morgan fingerprint density at radius 2 is 1.19 bits per heavy atom. The number of hydrogen-bond donors (Lipinski definition) is 1.